The number of hydrogen-bond donors (Lipinski definition) is 3. The first-order valence-electron chi connectivity index (χ1n) is 14.1. The Bertz CT molecular complexity index is 1330. The van der Waals surface area contributed by atoms with Crippen LogP contribution in [-0.4, -0.2) is 74.9 Å². The Morgan fingerprint density at radius 1 is 1.02 bits per heavy atom. The van der Waals surface area contributed by atoms with Crippen molar-refractivity contribution in [2.75, 3.05) is 26.2 Å². The molecule has 2 aromatic carbocycles. The third-order valence-corrected chi connectivity index (χ3v) is 8.66. The summed E-state index contributed by atoms with van der Waals surface area (Å²) in [4.78, 5) is 38.3. The summed E-state index contributed by atoms with van der Waals surface area (Å²) in [5.74, 6) is -0.534. The number of carbonyl (C=O) groups is 3. The molecular weight excluding hydrogens is 560 g/mol. The first-order chi connectivity index (χ1) is 19.7. The molecule has 1 aliphatic heterocycles. The average molecular weight is 604 g/mol. The molecule has 3 atom stereocenters. The van der Waals surface area contributed by atoms with E-state index in [1.165, 1.54) is 12.1 Å². The van der Waals surface area contributed by atoms with Crippen molar-refractivity contribution in [2.24, 2.45) is 0 Å². The van der Waals surface area contributed by atoms with E-state index in [0.717, 1.165) is 24.0 Å². The molecule has 1 heterocycles. The van der Waals surface area contributed by atoms with Crippen LogP contribution in [0.2, 0.25) is 0 Å². The lowest BCUT2D eigenvalue weighted by Crippen LogP contribution is -2.62. The van der Waals surface area contributed by atoms with Crippen LogP contribution in [0.25, 0.3) is 0 Å². The van der Waals surface area contributed by atoms with E-state index in [1.54, 1.807) is 32.9 Å². The zero-order chi connectivity index (χ0) is 31.0. The normalized spacial score (nSPS) is 19.5. The van der Waals surface area contributed by atoms with Crippen molar-refractivity contribution < 1.29 is 36.8 Å². The number of likely N-dealkylation sites (tertiary alicyclic amines) is 1. The molecule has 0 saturated carbocycles. The molecule has 11 nitrogen and oxygen atoms in total. The summed E-state index contributed by atoms with van der Waals surface area (Å²) in [5.41, 5.74) is 1.03. The molecule has 3 amide bonds. The molecule has 230 valence electrons. The second-order valence-electron chi connectivity index (χ2n) is 11.8. The summed E-state index contributed by atoms with van der Waals surface area (Å²) in [5, 5.41) is 5.08. The molecule has 12 heteroatoms. The zero-order valence-corrected chi connectivity index (χ0v) is 25.8. The Labute approximate surface area is 248 Å². The summed E-state index contributed by atoms with van der Waals surface area (Å²) < 4.78 is 40.3. The first kappa shape index (κ1) is 33.0. The largest absolute Gasteiger partial charge is 0.516 e. The number of carbonyl (C=O) groups excluding carboxylic acids is 3. The SMILES string of the molecule is Cc1ccc(S(=O)(=O)NC(CNC(=O)CNC(=O)OC(C)(C)C)C[N+]2(C(=O)OCc3ccccc3)CCC[C@H]2C)cc1. The van der Waals surface area contributed by atoms with Gasteiger partial charge in [-0.3, -0.25) is 4.79 Å². The van der Waals surface area contributed by atoms with Crippen molar-refractivity contribution in [3.05, 3.63) is 65.7 Å². The topological polar surface area (TPSA) is 140 Å². The van der Waals surface area contributed by atoms with E-state index in [-0.39, 0.29) is 41.7 Å². The number of hydrogen-bond acceptors (Lipinski definition) is 7. The van der Waals surface area contributed by atoms with E-state index in [2.05, 4.69) is 15.4 Å². The van der Waals surface area contributed by atoms with Crippen molar-refractivity contribution in [1.29, 1.82) is 0 Å². The fraction of sp³-hybridized carbons (Fsp3) is 0.500. The number of sulfonamides is 1. The lowest BCUT2D eigenvalue weighted by molar-refractivity contribution is -0.869. The molecule has 2 aromatic rings. The minimum Gasteiger partial charge on any atom is -0.444 e. The first-order valence-corrected chi connectivity index (χ1v) is 15.6. The van der Waals surface area contributed by atoms with Gasteiger partial charge in [-0.15, -0.1) is 0 Å². The minimum absolute atomic E-state index is 0.0691. The van der Waals surface area contributed by atoms with E-state index >= 15 is 0 Å². The van der Waals surface area contributed by atoms with Crippen LogP contribution in [0.3, 0.4) is 0 Å². The van der Waals surface area contributed by atoms with E-state index in [0.29, 0.717) is 6.54 Å². The molecule has 1 saturated heterocycles. The quantitative estimate of drug-likeness (QED) is 0.333. The number of rotatable bonds is 11. The lowest BCUT2D eigenvalue weighted by Gasteiger charge is -2.37. The van der Waals surface area contributed by atoms with E-state index in [4.69, 9.17) is 9.47 Å². The average Bonchev–Trinajstić information content (AvgIpc) is 3.29. The maximum absolute atomic E-state index is 13.6. The predicted octanol–water partition coefficient (Wildman–Crippen LogP) is 3.62. The fourth-order valence-corrected chi connectivity index (χ4v) is 6.14. The van der Waals surface area contributed by atoms with Gasteiger partial charge in [-0.25, -0.2) is 22.4 Å². The summed E-state index contributed by atoms with van der Waals surface area (Å²) >= 11 is 0. The standard InChI is InChI=1S/C30H42N4O7S/c1-22-13-15-26(16-14-22)42(38,39)33-25(18-31-27(35)19-32-28(36)41-30(3,4)5)20-34(17-9-10-23(34)2)29(37)40-21-24-11-7-6-8-12-24/h6-8,11-16,23,25,33H,9-10,17-21H2,1-5H3,(H-,31,32,35,36)/p+1/t23-,25?,34?/m1/s1. The molecule has 2 unspecified atom stereocenters. The predicted molar refractivity (Wildman–Crippen MR) is 158 cm³/mol. The van der Waals surface area contributed by atoms with Crippen LogP contribution in [0.15, 0.2) is 59.5 Å². The smallest absolute Gasteiger partial charge is 0.444 e. The highest BCUT2D eigenvalue weighted by Gasteiger charge is 2.49. The Kier molecular flexibility index (Phi) is 11.1. The third-order valence-electron chi connectivity index (χ3n) is 7.13. The molecule has 1 fully saturated rings. The van der Waals surface area contributed by atoms with E-state index in [9.17, 15) is 22.8 Å². The van der Waals surface area contributed by atoms with Crippen molar-refractivity contribution in [3.8, 4) is 0 Å². The summed E-state index contributed by atoms with van der Waals surface area (Å²) in [6.07, 6.45) is 0.349. The molecule has 0 radical (unpaired) electrons. The molecule has 0 bridgehead atoms. The molecule has 3 N–H and O–H groups in total. The van der Waals surface area contributed by atoms with Crippen LogP contribution in [0, 0.1) is 6.92 Å². The van der Waals surface area contributed by atoms with Gasteiger partial charge in [0.05, 0.1) is 30.1 Å². The van der Waals surface area contributed by atoms with Crippen LogP contribution in [-0.2, 0) is 30.9 Å². The Morgan fingerprint density at radius 2 is 1.69 bits per heavy atom. The monoisotopic (exact) mass is 603 g/mol. The summed E-state index contributed by atoms with van der Waals surface area (Å²) in [7, 11) is -3.99. The molecule has 1 aliphatic rings. The second-order valence-corrected chi connectivity index (χ2v) is 13.5. The zero-order valence-electron chi connectivity index (χ0n) is 25.0. The summed E-state index contributed by atoms with van der Waals surface area (Å²) in [6, 6.07) is 14.8. The molecular formula is C30H43N4O7S+. The van der Waals surface area contributed by atoms with Gasteiger partial charge in [0, 0.05) is 19.4 Å². The number of aryl methyl sites for hydroxylation is 1. The molecule has 0 spiro atoms. The number of ether oxygens (including phenoxy) is 2. The molecule has 0 aromatic heterocycles. The van der Waals surface area contributed by atoms with Crippen molar-refractivity contribution in [2.45, 2.75) is 76.6 Å². The van der Waals surface area contributed by atoms with Gasteiger partial charge in [-0.05, 0) is 52.3 Å². The minimum atomic E-state index is -3.99. The highest BCUT2D eigenvalue weighted by molar-refractivity contribution is 7.89. The van der Waals surface area contributed by atoms with Gasteiger partial charge in [-0.2, -0.15) is 4.79 Å². The van der Waals surface area contributed by atoms with Gasteiger partial charge >= 0.3 is 12.2 Å². The van der Waals surface area contributed by atoms with Gasteiger partial charge in [-0.1, -0.05) is 48.0 Å². The molecule has 0 aliphatic carbocycles. The number of nitrogens with one attached hydrogen (secondary N) is 3. The van der Waals surface area contributed by atoms with Crippen LogP contribution in [0.5, 0.6) is 0 Å². The maximum atomic E-state index is 13.6. The number of alkyl carbamates (subject to hydrolysis) is 1. The van der Waals surface area contributed by atoms with Gasteiger partial charge in [0.2, 0.25) is 15.9 Å². The number of amides is 3. The van der Waals surface area contributed by atoms with Gasteiger partial charge in [0.1, 0.15) is 18.8 Å². The van der Waals surface area contributed by atoms with Crippen molar-refractivity contribution in [1.82, 2.24) is 15.4 Å². The second kappa shape index (κ2) is 14.1. The Hall–Kier alpha value is -3.48. The highest BCUT2D eigenvalue weighted by Crippen LogP contribution is 2.29. The van der Waals surface area contributed by atoms with E-state index in [1.807, 2.05) is 44.2 Å². The number of quaternary nitrogens is 1. The molecule has 3 rings (SSSR count). The van der Waals surface area contributed by atoms with Crippen LogP contribution in [0.4, 0.5) is 9.59 Å². The van der Waals surface area contributed by atoms with Crippen molar-refractivity contribution >= 4 is 28.1 Å². The number of benzene rings is 2. The van der Waals surface area contributed by atoms with Gasteiger partial charge < -0.3 is 20.1 Å². The highest BCUT2D eigenvalue weighted by atomic mass is 32.2. The Balaban J connectivity index is 1.78. The fourth-order valence-electron chi connectivity index (χ4n) is 4.91. The Morgan fingerprint density at radius 3 is 2.29 bits per heavy atom. The lowest BCUT2D eigenvalue weighted by atomic mass is 10.2. The van der Waals surface area contributed by atoms with Gasteiger partial charge in [0.15, 0.2) is 0 Å². The maximum Gasteiger partial charge on any atom is 0.516 e. The van der Waals surface area contributed by atoms with Crippen LogP contribution < -0.4 is 15.4 Å². The molecule has 42 heavy (non-hydrogen) atoms. The van der Waals surface area contributed by atoms with E-state index < -0.39 is 39.8 Å². The van der Waals surface area contributed by atoms with Crippen LogP contribution in [0.1, 0.15) is 51.7 Å². The van der Waals surface area contributed by atoms with Gasteiger partial charge in [0.25, 0.3) is 0 Å². The van der Waals surface area contributed by atoms with Crippen LogP contribution >= 0.6 is 0 Å². The summed E-state index contributed by atoms with van der Waals surface area (Å²) in [6.45, 7) is 9.11. The van der Waals surface area contributed by atoms with Crippen molar-refractivity contribution in [3.63, 3.8) is 0 Å². The number of nitrogens with zero attached hydrogens (tertiary/aromatic N) is 1. The third kappa shape index (κ3) is 9.53.